The lowest BCUT2D eigenvalue weighted by Crippen LogP contribution is -2.42. The molecule has 0 fully saturated rings. The maximum Gasteiger partial charge on any atom is 0.331 e. The largest absolute Gasteiger partial charge is 0.331 e. The van der Waals surface area contributed by atoms with Crippen LogP contribution in [-0.4, -0.2) is 36.7 Å². The monoisotopic (exact) mass is 232 g/mol. The summed E-state index contributed by atoms with van der Waals surface area (Å²) in [4.78, 5) is 37.5. The maximum atomic E-state index is 11.8. The van der Waals surface area contributed by atoms with Crippen LogP contribution in [0, 0.1) is 6.92 Å². The van der Waals surface area contributed by atoms with Gasteiger partial charge in [-0.1, -0.05) is 11.6 Å². The van der Waals surface area contributed by atoms with E-state index in [4.69, 9.17) is 0 Å². The fourth-order valence-electron chi connectivity index (χ4n) is 1.74. The second-order valence-electron chi connectivity index (χ2n) is 4.17. The van der Waals surface area contributed by atoms with Crippen LogP contribution in [0.1, 0.15) is 15.9 Å². The first-order chi connectivity index (χ1) is 7.93. The van der Waals surface area contributed by atoms with Gasteiger partial charge >= 0.3 is 11.9 Å². The van der Waals surface area contributed by atoms with E-state index in [2.05, 4.69) is 0 Å². The third-order valence-corrected chi connectivity index (χ3v) is 2.61. The van der Waals surface area contributed by atoms with Crippen LogP contribution in [0.15, 0.2) is 18.2 Å². The number of amides is 3. The molecule has 0 N–H and O–H groups in total. The molecule has 0 radical (unpaired) electrons. The molecule has 3 amide bonds. The molecule has 0 spiro atoms. The highest BCUT2D eigenvalue weighted by Gasteiger charge is 2.40. The van der Waals surface area contributed by atoms with Gasteiger partial charge in [0, 0.05) is 14.1 Å². The van der Waals surface area contributed by atoms with Crippen molar-refractivity contribution in [3.05, 3.63) is 29.3 Å². The first-order valence-corrected chi connectivity index (χ1v) is 5.14. The minimum absolute atomic E-state index is 0.296. The van der Waals surface area contributed by atoms with E-state index in [-0.39, 0.29) is 0 Å². The standard InChI is InChI=1S/C12H12N2O3/c1-7-4-5-9-8(6-7)10(15)11(16)14(9)12(17)13(2)3/h4-6H,1-3H3. The Labute approximate surface area is 98.6 Å². The van der Waals surface area contributed by atoms with Crippen LogP contribution in [0.25, 0.3) is 0 Å². The molecule has 0 aromatic heterocycles. The average molecular weight is 232 g/mol. The number of carbonyl (C=O) groups excluding carboxylic acids is 3. The predicted molar refractivity (Wildman–Crippen MR) is 62.1 cm³/mol. The van der Waals surface area contributed by atoms with Gasteiger partial charge in [-0.2, -0.15) is 0 Å². The average Bonchev–Trinajstić information content (AvgIpc) is 2.51. The third-order valence-electron chi connectivity index (χ3n) is 2.61. The number of imide groups is 1. The van der Waals surface area contributed by atoms with Crippen molar-refractivity contribution in [3.8, 4) is 0 Å². The molecule has 17 heavy (non-hydrogen) atoms. The van der Waals surface area contributed by atoms with E-state index in [9.17, 15) is 14.4 Å². The number of hydrogen-bond acceptors (Lipinski definition) is 3. The number of rotatable bonds is 0. The summed E-state index contributed by atoms with van der Waals surface area (Å²) < 4.78 is 0. The molecular formula is C12H12N2O3. The van der Waals surface area contributed by atoms with E-state index >= 15 is 0 Å². The number of ketones is 1. The fourth-order valence-corrected chi connectivity index (χ4v) is 1.74. The number of Topliss-reactive ketones (excluding diaryl/α,β-unsaturated/α-hetero) is 1. The van der Waals surface area contributed by atoms with Crippen molar-refractivity contribution in [1.82, 2.24) is 4.90 Å². The smallest absolute Gasteiger partial charge is 0.330 e. The molecular weight excluding hydrogens is 220 g/mol. The Morgan fingerprint density at radius 1 is 1.24 bits per heavy atom. The van der Waals surface area contributed by atoms with Gasteiger partial charge in [-0.25, -0.2) is 9.69 Å². The summed E-state index contributed by atoms with van der Waals surface area (Å²) in [5.41, 5.74) is 1.54. The lowest BCUT2D eigenvalue weighted by molar-refractivity contribution is -0.113. The number of anilines is 1. The van der Waals surface area contributed by atoms with E-state index in [0.717, 1.165) is 10.5 Å². The lowest BCUT2D eigenvalue weighted by atomic mass is 10.1. The van der Waals surface area contributed by atoms with Gasteiger partial charge < -0.3 is 4.90 Å². The van der Waals surface area contributed by atoms with Crippen molar-refractivity contribution in [2.75, 3.05) is 19.0 Å². The Morgan fingerprint density at radius 2 is 1.88 bits per heavy atom. The molecule has 1 heterocycles. The molecule has 2 rings (SSSR count). The van der Waals surface area contributed by atoms with E-state index in [1.807, 2.05) is 6.92 Å². The molecule has 1 aliphatic heterocycles. The van der Waals surface area contributed by atoms with Crippen molar-refractivity contribution in [3.63, 3.8) is 0 Å². The van der Waals surface area contributed by atoms with Gasteiger partial charge in [0.05, 0.1) is 11.3 Å². The van der Waals surface area contributed by atoms with E-state index in [0.29, 0.717) is 11.3 Å². The lowest BCUT2D eigenvalue weighted by Gasteiger charge is -2.19. The van der Waals surface area contributed by atoms with Gasteiger partial charge in [0.25, 0.3) is 5.78 Å². The minimum Gasteiger partial charge on any atom is -0.330 e. The Bertz CT molecular complexity index is 535. The summed E-state index contributed by atoms with van der Waals surface area (Å²) in [6.45, 7) is 1.83. The quantitative estimate of drug-likeness (QED) is 0.632. The third kappa shape index (κ3) is 1.60. The number of nitrogens with zero attached hydrogens (tertiary/aromatic N) is 2. The van der Waals surface area contributed by atoms with Crippen molar-refractivity contribution in [2.24, 2.45) is 0 Å². The first kappa shape index (κ1) is 11.3. The molecule has 1 aromatic rings. The Balaban J connectivity index is 2.56. The first-order valence-electron chi connectivity index (χ1n) is 5.14. The minimum atomic E-state index is -0.788. The number of fused-ring (bicyclic) bond motifs is 1. The molecule has 0 unspecified atom stereocenters. The van der Waals surface area contributed by atoms with Crippen LogP contribution < -0.4 is 4.90 Å². The second-order valence-corrected chi connectivity index (χ2v) is 4.17. The summed E-state index contributed by atoms with van der Waals surface area (Å²) >= 11 is 0. The number of carbonyl (C=O) groups is 3. The fraction of sp³-hybridized carbons (Fsp3) is 0.250. The SMILES string of the molecule is Cc1ccc2c(c1)C(=O)C(=O)N2C(=O)N(C)C. The molecule has 5 heteroatoms. The van der Waals surface area contributed by atoms with Crippen molar-refractivity contribution in [1.29, 1.82) is 0 Å². The highest BCUT2D eigenvalue weighted by molar-refractivity contribution is 6.56. The van der Waals surface area contributed by atoms with Crippen LogP contribution >= 0.6 is 0 Å². The summed E-state index contributed by atoms with van der Waals surface area (Å²) in [7, 11) is 3.07. The normalized spacial score (nSPS) is 13.9. The summed E-state index contributed by atoms with van der Waals surface area (Å²) in [5.74, 6) is -1.41. The maximum absolute atomic E-state index is 11.8. The number of hydrogen-bond donors (Lipinski definition) is 0. The molecule has 0 atom stereocenters. The number of benzene rings is 1. The van der Waals surface area contributed by atoms with Crippen LogP contribution in [0.3, 0.4) is 0 Å². The van der Waals surface area contributed by atoms with Gasteiger partial charge in [-0.05, 0) is 19.1 Å². The topological polar surface area (TPSA) is 57.7 Å². The van der Waals surface area contributed by atoms with Gasteiger partial charge in [0.2, 0.25) is 0 Å². The molecule has 1 aromatic carbocycles. The van der Waals surface area contributed by atoms with Crippen LogP contribution in [0.4, 0.5) is 10.5 Å². The Kier molecular flexibility index (Phi) is 2.46. The van der Waals surface area contributed by atoms with E-state index < -0.39 is 17.7 Å². The van der Waals surface area contributed by atoms with Crippen LogP contribution in [-0.2, 0) is 4.79 Å². The van der Waals surface area contributed by atoms with Crippen LogP contribution in [0.5, 0.6) is 0 Å². The second kappa shape index (κ2) is 3.69. The van der Waals surface area contributed by atoms with Crippen LogP contribution in [0.2, 0.25) is 0 Å². The van der Waals surface area contributed by atoms with Crippen molar-refractivity contribution < 1.29 is 14.4 Å². The van der Waals surface area contributed by atoms with E-state index in [1.165, 1.54) is 19.0 Å². The summed E-state index contributed by atoms with van der Waals surface area (Å²) in [6, 6.07) is 4.50. The van der Waals surface area contributed by atoms with Crippen molar-refractivity contribution in [2.45, 2.75) is 6.92 Å². The highest BCUT2D eigenvalue weighted by Crippen LogP contribution is 2.30. The summed E-state index contributed by atoms with van der Waals surface area (Å²) in [5, 5.41) is 0. The molecule has 0 bridgehead atoms. The van der Waals surface area contributed by atoms with Gasteiger partial charge in [-0.3, -0.25) is 9.59 Å². The summed E-state index contributed by atoms with van der Waals surface area (Å²) in [6.07, 6.45) is 0. The zero-order valence-corrected chi connectivity index (χ0v) is 9.85. The predicted octanol–water partition coefficient (Wildman–Crippen LogP) is 1.21. The molecule has 0 aliphatic carbocycles. The van der Waals surface area contributed by atoms with E-state index in [1.54, 1.807) is 18.2 Å². The highest BCUT2D eigenvalue weighted by atomic mass is 16.2. The van der Waals surface area contributed by atoms with Gasteiger partial charge in [-0.15, -0.1) is 0 Å². The van der Waals surface area contributed by atoms with Gasteiger partial charge in [0.15, 0.2) is 0 Å². The molecule has 0 saturated heterocycles. The molecule has 88 valence electrons. The zero-order chi connectivity index (χ0) is 12.7. The molecule has 0 saturated carbocycles. The zero-order valence-electron chi connectivity index (χ0n) is 9.85. The molecule has 1 aliphatic rings. The Hall–Kier alpha value is -2.17. The molecule has 5 nitrogen and oxygen atoms in total. The Morgan fingerprint density at radius 3 is 2.47 bits per heavy atom. The van der Waals surface area contributed by atoms with Gasteiger partial charge in [0.1, 0.15) is 0 Å². The number of urea groups is 1. The number of aryl methyl sites for hydroxylation is 1. The van der Waals surface area contributed by atoms with Crippen molar-refractivity contribution >= 4 is 23.4 Å².